The third-order valence-electron chi connectivity index (χ3n) is 3.81. The summed E-state index contributed by atoms with van der Waals surface area (Å²) in [6.45, 7) is 5.55. The van der Waals surface area contributed by atoms with E-state index in [1.807, 2.05) is 24.7 Å². The number of urea groups is 1. The zero-order valence-electron chi connectivity index (χ0n) is 12.5. The zero-order chi connectivity index (χ0) is 14.6. The summed E-state index contributed by atoms with van der Waals surface area (Å²) in [4.78, 5) is 11.8. The number of amides is 2. The van der Waals surface area contributed by atoms with Crippen molar-refractivity contribution in [2.24, 2.45) is 5.41 Å². The highest BCUT2D eigenvalue weighted by molar-refractivity contribution is 5.88. The summed E-state index contributed by atoms with van der Waals surface area (Å²) < 4.78 is 6.92. The quantitative estimate of drug-likeness (QED) is 0.806. The Labute approximate surface area is 119 Å². The predicted molar refractivity (Wildman–Crippen MR) is 77.8 cm³/mol. The van der Waals surface area contributed by atoms with Crippen molar-refractivity contribution in [3.8, 4) is 0 Å². The molecule has 1 heterocycles. The normalized spacial score (nSPS) is 16.2. The van der Waals surface area contributed by atoms with Crippen molar-refractivity contribution in [2.45, 2.75) is 39.2 Å². The fraction of sp³-hybridized carbons (Fsp3) is 0.714. The number of carbonyl (C=O) groups is 1. The number of rotatable bonds is 7. The second-order valence-electron chi connectivity index (χ2n) is 5.85. The van der Waals surface area contributed by atoms with E-state index in [0.717, 1.165) is 18.7 Å². The number of methoxy groups -OCH3 is 1. The summed E-state index contributed by atoms with van der Waals surface area (Å²) >= 11 is 0. The first-order valence-corrected chi connectivity index (χ1v) is 7.13. The summed E-state index contributed by atoms with van der Waals surface area (Å²) in [6.07, 6.45) is 6.85. The number of aromatic nitrogens is 2. The van der Waals surface area contributed by atoms with Crippen LogP contribution in [0.15, 0.2) is 12.4 Å². The van der Waals surface area contributed by atoms with E-state index in [1.165, 1.54) is 12.8 Å². The molecule has 1 aromatic heterocycles. The first kappa shape index (κ1) is 14.8. The molecule has 0 aromatic carbocycles. The molecule has 1 fully saturated rings. The Morgan fingerprint density at radius 2 is 2.30 bits per heavy atom. The van der Waals surface area contributed by atoms with Crippen LogP contribution in [0.3, 0.4) is 0 Å². The van der Waals surface area contributed by atoms with E-state index >= 15 is 0 Å². The second kappa shape index (κ2) is 6.26. The highest BCUT2D eigenvalue weighted by Gasteiger charge is 2.42. The summed E-state index contributed by atoms with van der Waals surface area (Å²) in [7, 11) is 1.71. The lowest BCUT2D eigenvalue weighted by Crippen LogP contribution is -2.34. The lowest BCUT2D eigenvalue weighted by atomic mass is 10.0. The van der Waals surface area contributed by atoms with Gasteiger partial charge in [0, 0.05) is 32.5 Å². The van der Waals surface area contributed by atoms with E-state index in [4.69, 9.17) is 4.74 Å². The highest BCUT2D eigenvalue weighted by Crippen LogP contribution is 2.48. The molecule has 0 bridgehead atoms. The van der Waals surface area contributed by atoms with E-state index in [1.54, 1.807) is 13.3 Å². The van der Waals surface area contributed by atoms with Gasteiger partial charge in [0.05, 0.1) is 11.9 Å². The first-order valence-electron chi connectivity index (χ1n) is 7.13. The Morgan fingerprint density at radius 1 is 1.55 bits per heavy atom. The SMILES string of the molecule is COCCC1(CNC(=O)Nc2cnn(C(C)C)c2)CC1. The molecule has 6 heteroatoms. The molecule has 6 nitrogen and oxygen atoms in total. The molecule has 1 aliphatic rings. The molecule has 0 unspecified atom stereocenters. The summed E-state index contributed by atoms with van der Waals surface area (Å²) in [6, 6.07) is 0.120. The lowest BCUT2D eigenvalue weighted by molar-refractivity contribution is 0.171. The number of hydrogen-bond acceptors (Lipinski definition) is 3. The third-order valence-corrected chi connectivity index (χ3v) is 3.81. The minimum Gasteiger partial charge on any atom is -0.385 e. The average Bonchev–Trinajstić information content (AvgIpc) is 3.04. The Kier molecular flexibility index (Phi) is 4.65. The Morgan fingerprint density at radius 3 is 2.85 bits per heavy atom. The van der Waals surface area contributed by atoms with Crippen molar-refractivity contribution in [1.82, 2.24) is 15.1 Å². The van der Waals surface area contributed by atoms with Crippen LogP contribution in [-0.2, 0) is 4.74 Å². The molecule has 2 amide bonds. The van der Waals surface area contributed by atoms with Crippen molar-refractivity contribution < 1.29 is 9.53 Å². The van der Waals surface area contributed by atoms with Gasteiger partial charge in [-0.3, -0.25) is 4.68 Å². The molecule has 0 saturated heterocycles. The van der Waals surface area contributed by atoms with Crippen LogP contribution >= 0.6 is 0 Å². The number of nitrogens with zero attached hydrogens (tertiary/aromatic N) is 2. The van der Waals surface area contributed by atoms with Gasteiger partial charge in [-0.1, -0.05) is 0 Å². The molecule has 1 aromatic rings. The lowest BCUT2D eigenvalue weighted by Gasteiger charge is -2.15. The molecule has 0 spiro atoms. The van der Waals surface area contributed by atoms with Crippen molar-refractivity contribution in [3.05, 3.63) is 12.4 Å². The minimum atomic E-state index is -0.169. The van der Waals surface area contributed by atoms with Crippen molar-refractivity contribution in [2.75, 3.05) is 25.6 Å². The van der Waals surface area contributed by atoms with Crippen molar-refractivity contribution in [1.29, 1.82) is 0 Å². The van der Waals surface area contributed by atoms with E-state index in [0.29, 0.717) is 6.54 Å². The van der Waals surface area contributed by atoms with E-state index in [-0.39, 0.29) is 17.5 Å². The summed E-state index contributed by atoms with van der Waals surface area (Å²) in [5.41, 5.74) is 0.980. The molecule has 1 aliphatic carbocycles. The van der Waals surface area contributed by atoms with Gasteiger partial charge in [0.15, 0.2) is 0 Å². The number of nitrogens with one attached hydrogen (secondary N) is 2. The second-order valence-corrected chi connectivity index (χ2v) is 5.85. The maximum Gasteiger partial charge on any atom is 0.319 e. The van der Waals surface area contributed by atoms with Crippen LogP contribution in [0.2, 0.25) is 0 Å². The molecule has 112 valence electrons. The zero-order valence-corrected chi connectivity index (χ0v) is 12.5. The Bertz CT molecular complexity index is 452. The fourth-order valence-electron chi connectivity index (χ4n) is 2.14. The fourth-order valence-corrected chi connectivity index (χ4v) is 2.14. The van der Waals surface area contributed by atoms with Crippen LogP contribution in [-0.4, -0.2) is 36.1 Å². The van der Waals surface area contributed by atoms with Crippen LogP contribution in [0.25, 0.3) is 0 Å². The molecular formula is C14H24N4O2. The summed E-state index contributed by atoms with van der Waals surface area (Å²) in [5.74, 6) is 0. The Balaban J connectivity index is 1.75. The van der Waals surface area contributed by atoms with Crippen LogP contribution in [0, 0.1) is 5.41 Å². The summed E-state index contributed by atoms with van der Waals surface area (Å²) in [5, 5.41) is 9.94. The van der Waals surface area contributed by atoms with Gasteiger partial charge >= 0.3 is 6.03 Å². The van der Waals surface area contributed by atoms with Gasteiger partial charge in [0.1, 0.15) is 0 Å². The molecule has 20 heavy (non-hydrogen) atoms. The van der Waals surface area contributed by atoms with Gasteiger partial charge in [-0.05, 0) is 38.5 Å². The first-order chi connectivity index (χ1) is 9.54. The Hall–Kier alpha value is -1.56. The third kappa shape index (κ3) is 3.96. The van der Waals surface area contributed by atoms with Crippen molar-refractivity contribution in [3.63, 3.8) is 0 Å². The van der Waals surface area contributed by atoms with Crippen molar-refractivity contribution >= 4 is 11.7 Å². The number of anilines is 1. The van der Waals surface area contributed by atoms with E-state index < -0.39 is 0 Å². The van der Waals surface area contributed by atoms with E-state index in [9.17, 15) is 4.79 Å². The van der Waals surface area contributed by atoms with Crippen LogP contribution in [0.5, 0.6) is 0 Å². The number of carbonyl (C=O) groups excluding carboxylic acids is 1. The largest absolute Gasteiger partial charge is 0.385 e. The van der Waals surface area contributed by atoms with Crippen LogP contribution in [0.1, 0.15) is 39.2 Å². The monoisotopic (exact) mass is 280 g/mol. The van der Waals surface area contributed by atoms with Gasteiger partial charge in [0.25, 0.3) is 0 Å². The van der Waals surface area contributed by atoms with Gasteiger partial charge in [0.2, 0.25) is 0 Å². The molecule has 2 rings (SSSR count). The molecule has 0 radical (unpaired) electrons. The molecular weight excluding hydrogens is 256 g/mol. The standard InChI is InChI=1S/C14H24N4O2/c1-11(2)18-9-12(8-16-18)17-13(19)15-10-14(4-5-14)6-7-20-3/h8-9,11H,4-7,10H2,1-3H3,(H2,15,17,19). The van der Waals surface area contributed by atoms with Gasteiger partial charge in [-0.2, -0.15) is 5.10 Å². The minimum absolute atomic E-state index is 0.169. The highest BCUT2D eigenvalue weighted by atomic mass is 16.5. The molecule has 2 N–H and O–H groups in total. The number of hydrogen-bond donors (Lipinski definition) is 2. The smallest absolute Gasteiger partial charge is 0.319 e. The molecule has 0 atom stereocenters. The molecule has 1 saturated carbocycles. The van der Waals surface area contributed by atoms with Crippen LogP contribution in [0.4, 0.5) is 10.5 Å². The maximum atomic E-state index is 11.8. The van der Waals surface area contributed by atoms with Gasteiger partial charge < -0.3 is 15.4 Å². The van der Waals surface area contributed by atoms with E-state index in [2.05, 4.69) is 15.7 Å². The molecule has 0 aliphatic heterocycles. The predicted octanol–water partition coefficient (Wildman–Crippen LogP) is 2.40. The number of ether oxygens (including phenoxy) is 1. The van der Waals surface area contributed by atoms with Crippen LogP contribution < -0.4 is 10.6 Å². The van der Waals surface area contributed by atoms with Gasteiger partial charge in [-0.15, -0.1) is 0 Å². The average molecular weight is 280 g/mol. The van der Waals surface area contributed by atoms with Gasteiger partial charge in [-0.25, -0.2) is 4.79 Å². The topological polar surface area (TPSA) is 68.2 Å². The maximum absolute atomic E-state index is 11.8.